The van der Waals surface area contributed by atoms with Crippen molar-refractivity contribution >= 4 is 23.2 Å². The Morgan fingerprint density at radius 3 is 1.86 bits per heavy atom. The van der Waals surface area contributed by atoms with Crippen molar-refractivity contribution in [2.75, 3.05) is 38.0 Å². The van der Waals surface area contributed by atoms with Gasteiger partial charge in [0.25, 0.3) is 11.8 Å². The minimum Gasteiger partial charge on any atom is -0.383 e. The number of carbonyl (C=O) groups excluding carboxylic acids is 2. The quantitative estimate of drug-likeness (QED) is 0.613. The van der Waals surface area contributed by atoms with Crippen molar-refractivity contribution in [1.82, 2.24) is 4.90 Å². The first-order chi connectivity index (χ1) is 9.93. The summed E-state index contributed by atoms with van der Waals surface area (Å²) < 4.78 is 0. The number of likely N-dealkylation sites (N-methyl/N-ethyl adjacent to an activating group) is 2. The molecule has 0 N–H and O–H groups in total. The third kappa shape index (κ3) is 2.81. The van der Waals surface area contributed by atoms with E-state index in [-0.39, 0.29) is 17.4 Å². The maximum Gasteiger partial charge on any atom is 0.263 e. The minimum absolute atomic E-state index is 0.148. The highest BCUT2D eigenvalue weighted by molar-refractivity contribution is 6.30. The predicted octanol–water partition coefficient (Wildman–Crippen LogP) is 1.63. The van der Waals surface area contributed by atoms with E-state index < -0.39 is 0 Å². The van der Waals surface area contributed by atoms with Crippen molar-refractivity contribution in [1.29, 1.82) is 0 Å². The number of carbonyl (C=O) groups is 2. The zero-order chi connectivity index (χ0) is 15.6. The van der Waals surface area contributed by atoms with E-state index in [0.717, 1.165) is 11.4 Å². The highest BCUT2D eigenvalue weighted by Gasteiger charge is 2.31. The van der Waals surface area contributed by atoms with Crippen LogP contribution in [-0.4, -0.2) is 44.9 Å². The van der Waals surface area contributed by atoms with Crippen LogP contribution in [0.1, 0.15) is 0 Å². The summed E-state index contributed by atoms with van der Waals surface area (Å²) in [5.41, 5.74) is 1.59. The molecule has 0 spiro atoms. The van der Waals surface area contributed by atoms with Gasteiger partial charge in [-0.2, -0.15) is 0 Å². The van der Waals surface area contributed by atoms with Gasteiger partial charge in [-0.3, -0.25) is 9.59 Å². The molecule has 1 aromatic rings. The van der Waals surface area contributed by atoms with E-state index in [1.54, 1.807) is 32.4 Å². The molecule has 2 amide bonds. The number of benzene rings is 1. The van der Waals surface area contributed by atoms with E-state index >= 15 is 0 Å². The molecule has 1 aliphatic heterocycles. The first-order valence-corrected chi connectivity index (χ1v) is 6.63. The standard InChI is InChI=1S/C16H19N3O2/c1-17(2)11-7-8-12-15(20)18(3)13-9-5-6-10-14(13)19(4)16(12)21/h5-11H,1-4H3. The normalized spacial score (nSPS) is 15.3. The summed E-state index contributed by atoms with van der Waals surface area (Å²) in [6.07, 6.45) is 5.04. The number of hydrogen-bond donors (Lipinski definition) is 0. The van der Waals surface area contributed by atoms with Gasteiger partial charge in [-0.25, -0.2) is 0 Å². The van der Waals surface area contributed by atoms with Crippen LogP contribution in [0.2, 0.25) is 0 Å². The van der Waals surface area contributed by atoms with E-state index in [2.05, 4.69) is 0 Å². The molecule has 0 atom stereocenters. The number of hydrogen-bond acceptors (Lipinski definition) is 3. The molecule has 5 heteroatoms. The SMILES string of the molecule is CN(C)C=CC=C1C(=O)N(C)c2ccccc2N(C)C1=O. The van der Waals surface area contributed by atoms with Crippen molar-refractivity contribution in [2.45, 2.75) is 0 Å². The van der Waals surface area contributed by atoms with Gasteiger partial charge in [0, 0.05) is 28.2 Å². The van der Waals surface area contributed by atoms with Gasteiger partial charge >= 0.3 is 0 Å². The molecule has 1 aromatic carbocycles. The number of nitrogens with zero attached hydrogens (tertiary/aromatic N) is 3. The van der Waals surface area contributed by atoms with Gasteiger partial charge in [0.1, 0.15) is 5.57 Å². The van der Waals surface area contributed by atoms with Crippen molar-refractivity contribution < 1.29 is 9.59 Å². The van der Waals surface area contributed by atoms with Crippen LogP contribution in [0.5, 0.6) is 0 Å². The second-order valence-electron chi connectivity index (χ2n) is 5.10. The number of amides is 2. The van der Waals surface area contributed by atoms with Gasteiger partial charge in [0.2, 0.25) is 0 Å². The molecule has 0 aromatic heterocycles. The molecule has 0 fully saturated rings. The largest absolute Gasteiger partial charge is 0.383 e. The van der Waals surface area contributed by atoms with Crippen LogP contribution in [0.4, 0.5) is 11.4 Å². The summed E-state index contributed by atoms with van der Waals surface area (Å²) >= 11 is 0. The maximum atomic E-state index is 12.5. The second kappa shape index (κ2) is 5.83. The summed E-state index contributed by atoms with van der Waals surface area (Å²) in [6, 6.07) is 7.36. The fraction of sp³-hybridized carbons (Fsp3) is 0.250. The van der Waals surface area contributed by atoms with Crippen LogP contribution in [-0.2, 0) is 9.59 Å². The molecule has 0 aliphatic carbocycles. The lowest BCUT2D eigenvalue weighted by molar-refractivity contribution is -0.120. The van der Waals surface area contributed by atoms with E-state index in [4.69, 9.17) is 0 Å². The van der Waals surface area contributed by atoms with E-state index in [1.807, 2.05) is 43.3 Å². The fourth-order valence-electron chi connectivity index (χ4n) is 2.16. The Hall–Kier alpha value is -2.56. The van der Waals surface area contributed by atoms with Crippen LogP contribution >= 0.6 is 0 Å². The molecule has 2 rings (SSSR count). The summed E-state index contributed by atoms with van der Waals surface area (Å²) in [6.45, 7) is 0. The van der Waals surface area contributed by atoms with E-state index in [1.165, 1.54) is 9.80 Å². The van der Waals surface area contributed by atoms with Crippen LogP contribution in [0.15, 0.2) is 48.2 Å². The third-order valence-electron chi connectivity index (χ3n) is 3.32. The zero-order valence-corrected chi connectivity index (χ0v) is 12.7. The molecule has 0 radical (unpaired) electrons. The number of anilines is 2. The first-order valence-electron chi connectivity index (χ1n) is 6.63. The molecular weight excluding hydrogens is 266 g/mol. The van der Waals surface area contributed by atoms with Crippen molar-refractivity contribution in [3.05, 3.63) is 48.2 Å². The van der Waals surface area contributed by atoms with Crippen LogP contribution in [0, 0.1) is 0 Å². The Balaban J connectivity index is 2.49. The maximum absolute atomic E-state index is 12.5. The Morgan fingerprint density at radius 2 is 1.43 bits per heavy atom. The summed E-state index contributed by atoms with van der Waals surface area (Å²) in [5, 5.41) is 0. The van der Waals surface area contributed by atoms with Gasteiger partial charge in [-0.05, 0) is 30.5 Å². The van der Waals surface area contributed by atoms with Crippen molar-refractivity contribution in [2.24, 2.45) is 0 Å². The number of allylic oxidation sites excluding steroid dienone is 2. The average Bonchev–Trinajstić information content (AvgIpc) is 2.53. The smallest absolute Gasteiger partial charge is 0.263 e. The Morgan fingerprint density at radius 1 is 0.952 bits per heavy atom. The minimum atomic E-state index is -0.305. The number of para-hydroxylation sites is 2. The van der Waals surface area contributed by atoms with Crippen LogP contribution in [0.3, 0.4) is 0 Å². The summed E-state index contributed by atoms with van der Waals surface area (Å²) in [4.78, 5) is 29.9. The molecule has 0 unspecified atom stereocenters. The van der Waals surface area contributed by atoms with Gasteiger partial charge in [0.15, 0.2) is 0 Å². The molecule has 110 valence electrons. The zero-order valence-electron chi connectivity index (χ0n) is 12.7. The average molecular weight is 285 g/mol. The number of fused-ring (bicyclic) bond motifs is 1. The molecule has 0 bridgehead atoms. The lowest BCUT2D eigenvalue weighted by Gasteiger charge is -2.19. The topological polar surface area (TPSA) is 43.9 Å². The van der Waals surface area contributed by atoms with Crippen molar-refractivity contribution in [3.8, 4) is 0 Å². The Kier molecular flexibility index (Phi) is 4.12. The summed E-state index contributed by atoms with van der Waals surface area (Å²) in [5.74, 6) is -0.611. The van der Waals surface area contributed by atoms with Crippen molar-refractivity contribution in [3.63, 3.8) is 0 Å². The monoisotopic (exact) mass is 285 g/mol. The molecule has 0 saturated carbocycles. The Bertz CT molecular complexity index is 589. The molecule has 1 aliphatic rings. The van der Waals surface area contributed by atoms with Gasteiger partial charge in [0.05, 0.1) is 11.4 Å². The predicted molar refractivity (Wildman–Crippen MR) is 84.2 cm³/mol. The highest BCUT2D eigenvalue weighted by Crippen LogP contribution is 2.32. The van der Waals surface area contributed by atoms with Gasteiger partial charge in [-0.15, -0.1) is 0 Å². The lowest BCUT2D eigenvalue weighted by atomic mass is 10.2. The van der Waals surface area contributed by atoms with Crippen LogP contribution < -0.4 is 9.80 Å². The molecular formula is C16H19N3O2. The Labute approximate surface area is 124 Å². The second-order valence-corrected chi connectivity index (χ2v) is 5.10. The summed E-state index contributed by atoms with van der Waals surface area (Å²) in [7, 11) is 7.11. The van der Waals surface area contributed by atoms with Crippen LogP contribution in [0.25, 0.3) is 0 Å². The number of rotatable bonds is 2. The lowest BCUT2D eigenvalue weighted by Crippen LogP contribution is -2.32. The first kappa shape index (κ1) is 14.8. The fourth-order valence-corrected chi connectivity index (χ4v) is 2.16. The molecule has 0 saturated heterocycles. The molecule has 1 heterocycles. The molecule has 5 nitrogen and oxygen atoms in total. The van der Waals surface area contributed by atoms with Gasteiger partial charge in [-0.1, -0.05) is 12.1 Å². The highest BCUT2D eigenvalue weighted by atomic mass is 16.2. The van der Waals surface area contributed by atoms with E-state index in [9.17, 15) is 9.59 Å². The van der Waals surface area contributed by atoms with Gasteiger partial charge < -0.3 is 14.7 Å². The third-order valence-corrected chi connectivity index (χ3v) is 3.32. The molecule has 21 heavy (non-hydrogen) atoms. The van der Waals surface area contributed by atoms with E-state index in [0.29, 0.717) is 0 Å².